The molecule has 0 aliphatic carbocycles. The Balaban J connectivity index is 4.21. The van der Waals surface area contributed by atoms with Crippen LogP contribution in [0.3, 0.4) is 0 Å². The summed E-state index contributed by atoms with van der Waals surface area (Å²) in [7, 11) is 0. The van der Waals surface area contributed by atoms with Gasteiger partial charge in [-0.1, -0.05) is 6.92 Å². The summed E-state index contributed by atoms with van der Waals surface area (Å²) in [5.74, 6) is 0. The quantitative estimate of drug-likeness (QED) is 0.710. The van der Waals surface area contributed by atoms with Crippen LogP contribution in [0.4, 0.5) is 13.2 Å². The third kappa shape index (κ3) is 7.18. The predicted molar refractivity (Wildman–Crippen MR) is 66.3 cm³/mol. The molecule has 0 aromatic carbocycles. The SMILES string of the molecule is CCC(O)(CN)CCCN(CC(F)(F)F)C(C)C. The molecule has 0 heterocycles. The maximum atomic E-state index is 12.3. The van der Waals surface area contributed by atoms with Gasteiger partial charge in [0.15, 0.2) is 0 Å². The van der Waals surface area contributed by atoms with Crippen LogP contribution in [0.15, 0.2) is 0 Å². The number of nitrogens with two attached hydrogens (primary N) is 1. The third-order valence-electron chi connectivity index (χ3n) is 3.24. The van der Waals surface area contributed by atoms with E-state index in [1.807, 2.05) is 6.92 Å². The Morgan fingerprint density at radius 2 is 1.83 bits per heavy atom. The van der Waals surface area contributed by atoms with Gasteiger partial charge in [-0.15, -0.1) is 0 Å². The van der Waals surface area contributed by atoms with Crippen molar-refractivity contribution in [2.45, 2.75) is 57.9 Å². The normalized spacial score (nSPS) is 16.3. The molecule has 0 amide bonds. The monoisotopic (exact) mass is 270 g/mol. The van der Waals surface area contributed by atoms with Crippen molar-refractivity contribution in [3.63, 3.8) is 0 Å². The first-order valence-electron chi connectivity index (χ1n) is 6.37. The van der Waals surface area contributed by atoms with Gasteiger partial charge in [-0.3, -0.25) is 4.90 Å². The van der Waals surface area contributed by atoms with Gasteiger partial charge in [-0.25, -0.2) is 0 Å². The molecule has 1 atom stereocenters. The molecule has 3 N–H and O–H groups in total. The second-order valence-corrected chi connectivity index (χ2v) is 5.06. The standard InChI is InChI=1S/C12H25F3N2O/c1-4-11(18,8-16)6-5-7-17(10(2)3)9-12(13,14)15/h10,18H,4-9,16H2,1-3H3. The fourth-order valence-electron chi connectivity index (χ4n) is 1.78. The number of aliphatic hydroxyl groups is 1. The highest BCUT2D eigenvalue weighted by Gasteiger charge is 2.32. The van der Waals surface area contributed by atoms with Crippen LogP contribution in [0.5, 0.6) is 0 Å². The van der Waals surface area contributed by atoms with Gasteiger partial charge in [-0.05, 0) is 39.7 Å². The molecule has 0 fully saturated rings. The molecule has 1 unspecified atom stereocenters. The number of halogens is 3. The molecule has 0 aromatic rings. The summed E-state index contributed by atoms with van der Waals surface area (Å²) in [5, 5.41) is 9.95. The molecule has 0 saturated heterocycles. The number of hydrogen-bond donors (Lipinski definition) is 2. The molecule has 110 valence electrons. The van der Waals surface area contributed by atoms with Crippen LogP contribution in [-0.2, 0) is 0 Å². The zero-order chi connectivity index (χ0) is 14.4. The second-order valence-electron chi connectivity index (χ2n) is 5.06. The van der Waals surface area contributed by atoms with Crippen LogP contribution < -0.4 is 5.73 Å². The van der Waals surface area contributed by atoms with Crippen molar-refractivity contribution in [2.75, 3.05) is 19.6 Å². The topological polar surface area (TPSA) is 49.5 Å². The molecule has 0 saturated carbocycles. The Kier molecular flexibility index (Phi) is 7.17. The van der Waals surface area contributed by atoms with Gasteiger partial charge in [0.05, 0.1) is 12.1 Å². The van der Waals surface area contributed by atoms with E-state index in [4.69, 9.17) is 5.73 Å². The maximum absolute atomic E-state index is 12.3. The summed E-state index contributed by atoms with van der Waals surface area (Å²) in [6.07, 6.45) is -2.72. The molecule has 0 aromatic heterocycles. The summed E-state index contributed by atoms with van der Waals surface area (Å²) >= 11 is 0. The minimum absolute atomic E-state index is 0.143. The summed E-state index contributed by atoms with van der Waals surface area (Å²) in [6.45, 7) is 4.85. The van der Waals surface area contributed by atoms with Crippen LogP contribution in [0.1, 0.15) is 40.0 Å². The number of alkyl halides is 3. The van der Waals surface area contributed by atoms with Gasteiger partial charge in [-0.2, -0.15) is 13.2 Å². The Morgan fingerprint density at radius 1 is 1.28 bits per heavy atom. The Morgan fingerprint density at radius 3 is 2.17 bits per heavy atom. The van der Waals surface area contributed by atoms with Crippen molar-refractivity contribution in [3.05, 3.63) is 0 Å². The fraction of sp³-hybridized carbons (Fsp3) is 1.00. The fourth-order valence-corrected chi connectivity index (χ4v) is 1.78. The minimum Gasteiger partial charge on any atom is -0.389 e. The van der Waals surface area contributed by atoms with Crippen molar-refractivity contribution >= 4 is 0 Å². The van der Waals surface area contributed by atoms with Crippen LogP contribution >= 0.6 is 0 Å². The molecule has 0 bridgehead atoms. The lowest BCUT2D eigenvalue weighted by molar-refractivity contribution is -0.149. The Hall–Kier alpha value is -0.330. The lowest BCUT2D eigenvalue weighted by Crippen LogP contribution is -2.41. The Labute approximate surface area is 107 Å². The lowest BCUT2D eigenvalue weighted by Gasteiger charge is -2.30. The van der Waals surface area contributed by atoms with Gasteiger partial charge >= 0.3 is 6.18 Å². The van der Waals surface area contributed by atoms with Gasteiger partial charge in [0.2, 0.25) is 0 Å². The molecular weight excluding hydrogens is 245 g/mol. The van der Waals surface area contributed by atoms with E-state index >= 15 is 0 Å². The van der Waals surface area contributed by atoms with E-state index in [9.17, 15) is 18.3 Å². The minimum atomic E-state index is -4.18. The molecule has 0 aliphatic rings. The van der Waals surface area contributed by atoms with E-state index < -0.39 is 18.3 Å². The molecule has 0 spiro atoms. The zero-order valence-corrected chi connectivity index (χ0v) is 11.4. The summed E-state index contributed by atoms with van der Waals surface area (Å²) in [5.41, 5.74) is 4.51. The van der Waals surface area contributed by atoms with Crippen LogP contribution in [-0.4, -0.2) is 47.5 Å². The summed E-state index contributed by atoms with van der Waals surface area (Å²) in [4.78, 5) is 1.37. The smallest absolute Gasteiger partial charge is 0.389 e. The van der Waals surface area contributed by atoms with E-state index in [1.165, 1.54) is 4.90 Å². The molecule has 0 rings (SSSR count). The molecule has 3 nitrogen and oxygen atoms in total. The average Bonchev–Trinajstić information content (AvgIpc) is 2.25. The predicted octanol–water partition coefficient (Wildman–Crippen LogP) is 2.14. The first-order valence-corrected chi connectivity index (χ1v) is 6.37. The van der Waals surface area contributed by atoms with Gasteiger partial charge in [0, 0.05) is 12.6 Å². The summed E-state index contributed by atoms with van der Waals surface area (Å²) in [6, 6.07) is -0.167. The van der Waals surface area contributed by atoms with E-state index in [0.29, 0.717) is 25.8 Å². The molecule has 0 aliphatic heterocycles. The highest BCUT2D eigenvalue weighted by molar-refractivity contribution is 4.78. The van der Waals surface area contributed by atoms with E-state index in [0.717, 1.165) is 0 Å². The van der Waals surface area contributed by atoms with E-state index in [2.05, 4.69) is 0 Å². The van der Waals surface area contributed by atoms with Gasteiger partial charge in [0.1, 0.15) is 0 Å². The lowest BCUT2D eigenvalue weighted by atomic mass is 9.94. The van der Waals surface area contributed by atoms with Crippen LogP contribution in [0.2, 0.25) is 0 Å². The first kappa shape index (κ1) is 17.7. The molecule has 18 heavy (non-hydrogen) atoms. The van der Waals surface area contributed by atoms with Crippen molar-refractivity contribution in [2.24, 2.45) is 5.73 Å². The average molecular weight is 270 g/mol. The van der Waals surface area contributed by atoms with Crippen molar-refractivity contribution in [1.29, 1.82) is 0 Å². The number of nitrogens with zero attached hydrogens (tertiary/aromatic N) is 1. The first-order chi connectivity index (χ1) is 8.13. The van der Waals surface area contributed by atoms with Crippen molar-refractivity contribution < 1.29 is 18.3 Å². The third-order valence-corrected chi connectivity index (χ3v) is 3.24. The van der Waals surface area contributed by atoms with E-state index in [-0.39, 0.29) is 12.6 Å². The zero-order valence-electron chi connectivity index (χ0n) is 11.4. The van der Waals surface area contributed by atoms with Gasteiger partial charge in [0.25, 0.3) is 0 Å². The molecule has 6 heteroatoms. The molecular formula is C12H25F3N2O. The largest absolute Gasteiger partial charge is 0.401 e. The highest BCUT2D eigenvalue weighted by Crippen LogP contribution is 2.20. The number of rotatable bonds is 8. The van der Waals surface area contributed by atoms with Crippen LogP contribution in [0.25, 0.3) is 0 Å². The van der Waals surface area contributed by atoms with Crippen molar-refractivity contribution in [3.8, 4) is 0 Å². The number of hydrogen-bond acceptors (Lipinski definition) is 3. The maximum Gasteiger partial charge on any atom is 0.401 e. The summed E-state index contributed by atoms with van der Waals surface area (Å²) < 4.78 is 37.0. The van der Waals surface area contributed by atoms with Crippen molar-refractivity contribution in [1.82, 2.24) is 4.90 Å². The molecule has 0 radical (unpaired) electrons. The van der Waals surface area contributed by atoms with Crippen LogP contribution in [0, 0.1) is 0 Å². The second kappa shape index (κ2) is 7.31. The van der Waals surface area contributed by atoms with Gasteiger partial charge < -0.3 is 10.8 Å². The van der Waals surface area contributed by atoms with E-state index in [1.54, 1.807) is 13.8 Å². The Bertz CT molecular complexity index is 228. The highest BCUT2D eigenvalue weighted by atomic mass is 19.4.